The summed E-state index contributed by atoms with van der Waals surface area (Å²) in [6.07, 6.45) is 3.26. The first kappa shape index (κ1) is 21.7. The van der Waals surface area contributed by atoms with Gasteiger partial charge in [-0.25, -0.2) is 0 Å². The molecule has 3 rings (SSSR count). The number of carbonyl (C=O) groups excluding carboxylic acids is 2. The van der Waals surface area contributed by atoms with Crippen molar-refractivity contribution >= 4 is 11.8 Å². The predicted octanol–water partition coefficient (Wildman–Crippen LogP) is 3.72. The average molecular weight is 411 g/mol. The smallest absolute Gasteiger partial charge is 0.260 e. The van der Waals surface area contributed by atoms with E-state index in [0.29, 0.717) is 30.2 Å². The van der Waals surface area contributed by atoms with E-state index in [4.69, 9.17) is 9.47 Å². The van der Waals surface area contributed by atoms with Gasteiger partial charge < -0.3 is 19.7 Å². The van der Waals surface area contributed by atoms with Crippen LogP contribution < -0.4 is 14.8 Å². The van der Waals surface area contributed by atoms with Crippen molar-refractivity contribution in [3.8, 4) is 11.5 Å². The molecule has 1 saturated heterocycles. The first-order valence-corrected chi connectivity index (χ1v) is 10.6. The quantitative estimate of drug-likeness (QED) is 0.720. The van der Waals surface area contributed by atoms with E-state index in [-0.39, 0.29) is 18.4 Å². The van der Waals surface area contributed by atoms with Crippen molar-refractivity contribution in [2.24, 2.45) is 0 Å². The Labute approximate surface area is 178 Å². The molecule has 160 valence electrons. The molecule has 6 nitrogen and oxygen atoms in total. The topological polar surface area (TPSA) is 67.9 Å². The SMILES string of the molecule is CCOc1cc(C(=O)NCc2ccc(C)cc2)ccc1OCC(=O)N1CCCCC1. The number of nitrogens with one attached hydrogen (secondary N) is 1. The number of benzene rings is 2. The molecule has 1 fully saturated rings. The van der Waals surface area contributed by atoms with Crippen LogP contribution in [0.1, 0.15) is 47.7 Å². The molecule has 0 saturated carbocycles. The molecule has 2 amide bonds. The van der Waals surface area contributed by atoms with Crippen LogP contribution in [-0.2, 0) is 11.3 Å². The molecule has 0 atom stereocenters. The molecule has 0 aromatic heterocycles. The second-order valence-electron chi connectivity index (χ2n) is 7.49. The fourth-order valence-corrected chi connectivity index (χ4v) is 3.40. The van der Waals surface area contributed by atoms with Gasteiger partial charge >= 0.3 is 0 Å². The lowest BCUT2D eigenvalue weighted by Gasteiger charge is -2.26. The number of aryl methyl sites for hydroxylation is 1. The third kappa shape index (κ3) is 5.99. The largest absolute Gasteiger partial charge is 0.490 e. The third-order valence-corrected chi connectivity index (χ3v) is 5.14. The molecule has 0 radical (unpaired) electrons. The van der Waals surface area contributed by atoms with Gasteiger partial charge in [0, 0.05) is 25.2 Å². The molecule has 1 aliphatic heterocycles. The third-order valence-electron chi connectivity index (χ3n) is 5.14. The number of hydrogen-bond acceptors (Lipinski definition) is 4. The fourth-order valence-electron chi connectivity index (χ4n) is 3.40. The molecule has 0 spiro atoms. The van der Waals surface area contributed by atoms with Crippen LogP contribution >= 0.6 is 0 Å². The molecular weight excluding hydrogens is 380 g/mol. The highest BCUT2D eigenvalue weighted by molar-refractivity contribution is 5.94. The summed E-state index contributed by atoms with van der Waals surface area (Å²) in [5.41, 5.74) is 2.70. The molecule has 2 aromatic rings. The maximum atomic E-state index is 12.6. The summed E-state index contributed by atoms with van der Waals surface area (Å²) >= 11 is 0. The van der Waals surface area contributed by atoms with Gasteiger partial charge in [-0.15, -0.1) is 0 Å². The second-order valence-corrected chi connectivity index (χ2v) is 7.49. The Bertz CT molecular complexity index is 858. The Hall–Kier alpha value is -3.02. The molecule has 1 aliphatic rings. The number of piperidine rings is 1. The van der Waals surface area contributed by atoms with Crippen molar-refractivity contribution in [3.05, 3.63) is 59.2 Å². The Morgan fingerprint density at radius 2 is 1.70 bits per heavy atom. The molecule has 0 bridgehead atoms. The number of likely N-dealkylation sites (tertiary alicyclic amines) is 1. The average Bonchev–Trinajstić information content (AvgIpc) is 2.78. The van der Waals surface area contributed by atoms with E-state index in [1.165, 1.54) is 12.0 Å². The maximum absolute atomic E-state index is 12.6. The van der Waals surface area contributed by atoms with E-state index in [1.807, 2.05) is 43.0 Å². The zero-order valence-electron chi connectivity index (χ0n) is 17.8. The van der Waals surface area contributed by atoms with E-state index < -0.39 is 0 Å². The zero-order chi connectivity index (χ0) is 21.3. The van der Waals surface area contributed by atoms with E-state index in [1.54, 1.807) is 18.2 Å². The summed E-state index contributed by atoms with van der Waals surface area (Å²) in [7, 11) is 0. The number of rotatable bonds is 8. The summed E-state index contributed by atoms with van der Waals surface area (Å²) in [5.74, 6) is 0.730. The maximum Gasteiger partial charge on any atom is 0.260 e. The summed E-state index contributed by atoms with van der Waals surface area (Å²) in [6.45, 7) is 6.34. The van der Waals surface area contributed by atoms with Gasteiger partial charge in [-0.1, -0.05) is 29.8 Å². The highest BCUT2D eigenvalue weighted by atomic mass is 16.5. The van der Waals surface area contributed by atoms with Crippen molar-refractivity contribution in [3.63, 3.8) is 0 Å². The number of carbonyl (C=O) groups is 2. The number of amides is 2. The van der Waals surface area contributed by atoms with Crippen molar-refractivity contribution < 1.29 is 19.1 Å². The van der Waals surface area contributed by atoms with Gasteiger partial charge in [0.25, 0.3) is 11.8 Å². The van der Waals surface area contributed by atoms with Gasteiger partial charge in [0.2, 0.25) is 0 Å². The molecular formula is C24H30N2O4. The normalized spacial score (nSPS) is 13.6. The molecule has 0 aliphatic carbocycles. The van der Waals surface area contributed by atoms with Gasteiger partial charge in [-0.3, -0.25) is 9.59 Å². The van der Waals surface area contributed by atoms with Crippen molar-refractivity contribution in [2.75, 3.05) is 26.3 Å². The van der Waals surface area contributed by atoms with Gasteiger partial charge in [-0.05, 0) is 56.9 Å². The lowest BCUT2D eigenvalue weighted by atomic mass is 10.1. The van der Waals surface area contributed by atoms with E-state index >= 15 is 0 Å². The van der Waals surface area contributed by atoms with Crippen LogP contribution in [0.2, 0.25) is 0 Å². The Kier molecular flexibility index (Phi) is 7.71. The summed E-state index contributed by atoms with van der Waals surface area (Å²) in [4.78, 5) is 26.8. The lowest BCUT2D eigenvalue weighted by Crippen LogP contribution is -2.38. The molecule has 30 heavy (non-hydrogen) atoms. The van der Waals surface area contributed by atoms with Gasteiger partial charge in [0.15, 0.2) is 18.1 Å². The number of nitrogens with zero attached hydrogens (tertiary/aromatic N) is 1. The molecule has 1 N–H and O–H groups in total. The number of ether oxygens (including phenoxy) is 2. The fraction of sp³-hybridized carbons (Fsp3) is 0.417. The molecule has 2 aromatic carbocycles. The van der Waals surface area contributed by atoms with Crippen molar-refractivity contribution in [1.82, 2.24) is 10.2 Å². The summed E-state index contributed by atoms with van der Waals surface area (Å²) in [6, 6.07) is 13.1. The van der Waals surface area contributed by atoms with Crippen LogP contribution in [0.15, 0.2) is 42.5 Å². The summed E-state index contributed by atoms with van der Waals surface area (Å²) in [5, 5.41) is 2.92. The second kappa shape index (κ2) is 10.7. The Balaban J connectivity index is 1.61. The Morgan fingerprint density at radius 1 is 0.967 bits per heavy atom. The first-order chi connectivity index (χ1) is 14.6. The monoisotopic (exact) mass is 410 g/mol. The van der Waals surface area contributed by atoms with E-state index in [0.717, 1.165) is 31.5 Å². The first-order valence-electron chi connectivity index (χ1n) is 10.6. The van der Waals surface area contributed by atoms with Gasteiger partial charge in [-0.2, -0.15) is 0 Å². The minimum absolute atomic E-state index is 0.0166. The Morgan fingerprint density at radius 3 is 2.40 bits per heavy atom. The van der Waals surface area contributed by atoms with E-state index in [9.17, 15) is 9.59 Å². The molecule has 1 heterocycles. The van der Waals surface area contributed by atoms with Crippen LogP contribution in [-0.4, -0.2) is 43.0 Å². The summed E-state index contributed by atoms with van der Waals surface area (Å²) < 4.78 is 11.4. The van der Waals surface area contributed by atoms with Gasteiger partial charge in [0.05, 0.1) is 6.61 Å². The minimum atomic E-state index is -0.188. The standard InChI is InChI=1S/C24H30N2O4/c1-3-29-22-15-20(24(28)25-16-19-9-7-18(2)8-10-19)11-12-21(22)30-17-23(27)26-13-5-4-6-14-26/h7-12,15H,3-6,13-14,16-17H2,1-2H3,(H,25,28). The van der Waals surface area contributed by atoms with Gasteiger partial charge in [0.1, 0.15) is 0 Å². The highest BCUT2D eigenvalue weighted by Gasteiger charge is 2.18. The van der Waals surface area contributed by atoms with Crippen molar-refractivity contribution in [1.29, 1.82) is 0 Å². The van der Waals surface area contributed by atoms with Crippen LogP contribution in [0.5, 0.6) is 11.5 Å². The lowest BCUT2D eigenvalue weighted by molar-refractivity contribution is -0.134. The van der Waals surface area contributed by atoms with Crippen LogP contribution in [0.3, 0.4) is 0 Å². The number of hydrogen-bond donors (Lipinski definition) is 1. The highest BCUT2D eigenvalue weighted by Crippen LogP contribution is 2.28. The molecule has 6 heteroatoms. The zero-order valence-corrected chi connectivity index (χ0v) is 17.8. The van der Waals surface area contributed by atoms with Crippen LogP contribution in [0.4, 0.5) is 0 Å². The predicted molar refractivity (Wildman–Crippen MR) is 116 cm³/mol. The molecule has 0 unspecified atom stereocenters. The van der Waals surface area contributed by atoms with Crippen LogP contribution in [0.25, 0.3) is 0 Å². The minimum Gasteiger partial charge on any atom is -0.490 e. The van der Waals surface area contributed by atoms with Crippen LogP contribution in [0, 0.1) is 6.92 Å². The van der Waals surface area contributed by atoms with E-state index in [2.05, 4.69) is 5.32 Å². The van der Waals surface area contributed by atoms with Crippen molar-refractivity contribution in [2.45, 2.75) is 39.7 Å².